The lowest BCUT2D eigenvalue weighted by Crippen LogP contribution is -2.54. The van der Waals surface area contributed by atoms with Gasteiger partial charge in [0.05, 0.1) is 48.9 Å². The zero-order chi connectivity index (χ0) is 80.2. The number of likely N-dealkylation sites (N-methyl/N-ethyl adjacent to an activating group) is 2. The number of amides is 9. The van der Waals surface area contributed by atoms with Gasteiger partial charge in [-0.2, -0.15) is 0 Å². The fourth-order valence-electron chi connectivity index (χ4n) is 15.5. The number of aliphatic hydroxyl groups excluding tert-OH is 2. The van der Waals surface area contributed by atoms with E-state index in [1.54, 1.807) is 73.3 Å². The van der Waals surface area contributed by atoms with Crippen LogP contribution in [0.3, 0.4) is 0 Å². The molecule has 600 valence electrons. The Hall–Kier alpha value is -8.40. The zero-order valence-corrected chi connectivity index (χ0v) is 66.0. The normalized spacial score (nSPS) is 19.9. The van der Waals surface area contributed by atoms with Crippen LogP contribution in [0.25, 0.3) is 0 Å². The summed E-state index contributed by atoms with van der Waals surface area (Å²) in [5.41, 5.74) is 8.42. The Balaban J connectivity index is 1.06. The molecule has 3 aromatic rings. The minimum Gasteiger partial charge on any atom is -0.388 e. The predicted molar refractivity (Wildman–Crippen MR) is 412 cm³/mol. The number of hydrogen-bond acceptors (Lipinski definition) is 18. The van der Waals surface area contributed by atoms with Gasteiger partial charge in [0.1, 0.15) is 29.9 Å². The molecule has 0 bridgehead atoms. The Bertz CT molecular complexity index is 3510. The maximum atomic E-state index is 14.7. The highest BCUT2D eigenvalue weighted by Gasteiger charge is 2.46. The van der Waals surface area contributed by atoms with E-state index in [9.17, 15) is 67.7 Å². The molecule has 0 radical (unpaired) electrons. The molecule has 10 unspecified atom stereocenters. The molecule has 0 saturated carbocycles. The van der Waals surface area contributed by atoms with Gasteiger partial charge in [-0.15, -0.1) is 0 Å². The molecule has 3 aliphatic rings. The van der Waals surface area contributed by atoms with Crippen molar-refractivity contribution in [3.8, 4) is 0 Å². The molecule has 26 heteroatoms. The second-order valence-corrected chi connectivity index (χ2v) is 30.8. The van der Waals surface area contributed by atoms with Gasteiger partial charge in [-0.3, -0.25) is 62.5 Å². The predicted octanol–water partition coefficient (Wildman–Crippen LogP) is 5.86. The number of carbonyl (C=O) groups is 12. The molecule has 0 aromatic heterocycles. The van der Waals surface area contributed by atoms with E-state index in [2.05, 4.69) is 21.3 Å². The molecule has 9 amide bonds. The van der Waals surface area contributed by atoms with E-state index < -0.39 is 108 Å². The number of unbranched alkanes of at least 4 members (excludes halogenated alkanes) is 1. The quantitative estimate of drug-likeness (QED) is 0.0257. The van der Waals surface area contributed by atoms with E-state index in [-0.39, 0.29) is 162 Å². The molecule has 3 aromatic carbocycles. The van der Waals surface area contributed by atoms with E-state index in [4.69, 9.17) is 19.9 Å². The third-order valence-electron chi connectivity index (χ3n) is 21.8. The molecule has 8 N–H and O–H groups in total. The van der Waals surface area contributed by atoms with Gasteiger partial charge >= 0.3 is 6.03 Å². The summed E-state index contributed by atoms with van der Waals surface area (Å²) in [6, 6.07) is 22.6. The number of ketones is 4. The van der Waals surface area contributed by atoms with E-state index in [0.29, 0.717) is 50.6 Å². The second-order valence-electron chi connectivity index (χ2n) is 30.8. The minimum atomic E-state index is -1.49. The molecule has 2 saturated heterocycles. The highest BCUT2D eigenvalue weighted by molar-refractivity contribution is 6.12. The number of nitrogens with zero attached hydrogens (tertiary/aromatic N) is 4. The van der Waals surface area contributed by atoms with Crippen LogP contribution >= 0.6 is 0 Å². The molecule has 6 rings (SSSR count). The van der Waals surface area contributed by atoms with Crippen LogP contribution in [0, 0.1) is 41.4 Å². The average Bonchev–Trinajstić information content (AvgIpc) is 1.78. The van der Waals surface area contributed by atoms with Gasteiger partial charge in [0.2, 0.25) is 29.5 Å². The third kappa shape index (κ3) is 27.0. The van der Waals surface area contributed by atoms with Crippen molar-refractivity contribution in [3.05, 3.63) is 119 Å². The maximum absolute atomic E-state index is 14.7. The molecule has 0 spiro atoms. The summed E-state index contributed by atoms with van der Waals surface area (Å²) in [4.78, 5) is 169. The Morgan fingerprint density at radius 1 is 0.661 bits per heavy atom. The number of nitrogens with one attached hydrogen (secondary N) is 4. The summed E-state index contributed by atoms with van der Waals surface area (Å²) in [6.07, 6.45) is -1.09. The molecule has 0 aliphatic carbocycles. The number of imide groups is 1. The first-order valence-corrected chi connectivity index (χ1v) is 38.8. The molecule has 15 atom stereocenters. The van der Waals surface area contributed by atoms with E-state index in [1.807, 2.05) is 103 Å². The molecule has 2 fully saturated rings. The van der Waals surface area contributed by atoms with E-state index in [0.717, 1.165) is 21.6 Å². The largest absolute Gasteiger partial charge is 0.388 e. The number of urea groups is 1. The fraction of sp³-hybridized carbons (Fsp3) is 0.614. The first-order valence-electron chi connectivity index (χ1n) is 38.8. The van der Waals surface area contributed by atoms with Crippen LogP contribution < -0.4 is 27.0 Å². The Labute approximate surface area is 643 Å². The first-order chi connectivity index (χ1) is 51.9. The van der Waals surface area contributed by atoms with Gasteiger partial charge in [-0.1, -0.05) is 140 Å². The van der Waals surface area contributed by atoms with Crippen LogP contribution in [0.5, 0.6) is 0 Å². The molecule has 26 nitrogen and oxygen atoms in total. The third-order valence-corrected chi connectivity index (χ3v) is 21.8. The average molecular weight is 1520 g/mol. The summed E-state index contributed by atoms with van der Waals surface area (Å²) < 4.78 is 18.2. The number of carbonyl (C=O) groups excluding carboxylic acids is 12. The van der Waals surface area contributed by atoms with Crippen molar-refractivity contribution in [2.45, 2.75) is 218 Å². The number of primary amides is 1. The Kier molecular flexibility index (Phi) is 36.5. The Morgan fingerprint density at radius 2 is 1.27 bits per heavy atom. The van der Waals surface area contributed by atoms with Crippen LogP contribution in [0.2, 0.25) is 0 Å². The second kappa shape index (κ2) is 44.4. The van der Waals surface area contributed by atoms with Crippen LogP contribution in [0.15, 0.2) is 97.1 Å². The van der Waals surface area contributed by atoms with Gasteiger partial charge in [0, 0.05) is 128 Å². The van der Waals surface area contributed by atoms with E-state index in [1.165, 1.54) is 19.3 Å². The standard InChI is InChI=1S/C83H121N9O17/c1-13-53(6)76(90(10)82(105)62(51(2)3)48-67(96)75(52(4)5)89(8)9)68(107-11)49-74(100)91-41-23-29-64(91)79(108-12)54(7)65(94)46-60(43-57-26-18-15-19-27-57)80(103)85-39-37-55-31-33-58(34-32-55)44-66(95)63(28-22-38-86-83(84)106)88-81(104)59(42-56-24-16-14-17-25-56)45-61(93)47-69-77(101)78(102)70(109-69)50-87-71(97)30-20-21-40-92-72(98)35-36-73(92)99/h14-19,24-27,31-36,51-54,59-60,62-64,68-70,75-79,101-102H,13,20-23,28-30,37-50H2,1-12H3,(H,85,103)(H,87,97)(H,88,104)(H3,84,86,106)/t53?,54?,59-,60+,62-,63?,64?,68?,69-,70+,75?,76?,77?,78?,79?/m0/s1. The van der Waals surface area contributed by atoms with Crippen molar-refractivity contribution in [1.82, 2.24) is 40.9 Å². The monoisotopic (exact) mass is 1520 g/mol. The van der Waals surface area contributed by atoms with Crippen LogP contribution in [0.4, 0.5) is 4.79 Å². The van der Waals surface area contributed by atoms with Crippen LogP contribution in [-0.4, -0.2) is 229 Å². The van der Waals surface area contributed by atoms with Gasteiger partial charge in [-0.05, 0) is 112 Å². The highest BCUT2D eigenvalue weighted by Crippen LogP contribution is 2.33. The number of benzene rings is 3. The minimum absolute atomic E-state index is 0.00770. The van der Waals surface area contributed by atoms with Crippen molar-refractivity contribution in [3.63, 3.8) is 0 Å². The highest BCUT2D eigenvalue weighted by atomic mass is 16.5. The molecular weight excluding hydrogens is 1390 g/mol. The van der Waals surface area contributed by atoms with Crippen LogP contribution in [0.1, 0.15) is 154 Å². The van der Waals surface area contributed by atoms with Gasteiger partial charge in [0.15, 0.2) is 11.6 Å². The van der Waals surface area contributed by atoms with Gasteiger partial charge in [0.25, 0.3) is 11.8 Å². The van der Waals surface area contributed by atoms with Crippen molar-refractivity contribution in [2.75, 3.05) is 68.1 Å². The molecule has 3 aliphatic heterocycles. The number of likely N-dealkylation sites (tertiary alicyclic amines) is 1. The smallest absolute Gasteiger partial charge is 0.312 e. The number of rotatable bonds is 48. The first kappa shape index (κ1) is 89.5. The number of nitrogens with two attached hydrogens (primary N) is 1. The molecular formula is C83H121N9O17. The number of ether oxygens (including phenoxy) is 3. The lowest BCUT2D eigenvalue weighted by atomic mass is 9.83. The lowest BCUT2D eigenvalue weighted by Gasteiger charge is -2.41. The summed E-state index contributed by atoms with van der Waals surface area (Å²) >= 11 is 0. The maximum Gasteiger partial charge on any atom is 0.312 e. The summed E-state index contributed by atoms with van der Waals surface area (Å²) in [5, 5.41) is 33.0. The van der Waals surface area contributed by atoms with Crippen LogP contribution in [-0.2, 0) is 92.6 Å². The van der Waals surface area contributed by atoms with Crippen molar-refractivity contribution < 1.29 is 82.0 Å². The summed E-state index contributed by atoms with van der Waals surface area (Å²) in [7, 11) is 8.59. The summed E-state index contributed by atoms with van der Waals surface area (Å²) in [5.74, 6) is -6.67. The summed E-state index contributed by atoms with van der Waals surface area (Å²) in [6.45, 7) is 14.5. The number of Topliss-reactive ketones (excluding diaryl/α,β-unsaturated/α-hetero) is 4. The van der Waals surface area contributed by atoms with Crippen molar-refractivity contribution in [2.24, 2.45) is 47.2 Å². The fourth-order valence-corrected chi connectivity index (χ4v) is 15.5. The van der Waals surface area contributed by atoms with Crippen molar-refractivity contribution in [1.29, 1.82) is 0 Å². The number of aliphatic hydroxyl groups is 2. The Morgan fingerprint density at radius 3 is 1.83 bits per heavy atom. The molecule has 3 heterocycles. The zero-order valence-electron chi connectivity index (χ0n) is 66.0. The van der Waals surface area contributed by atoms with Crippen molar-refractivity contribution >= 4 is 70.5 Å². The van der Waals surface area contributed by atoms with Gasteiger partial charge in [-0.25, -0.2) is 4.79 Å². The number of hydrogen-bond donors (Lipinski definition) is 7. The SMILES string of the molecule is CCC(C)C(C(CC(=O)N1CCCC1C(OC)C(C)C(=O)C[C@@H](Cc1ccccc1)C(=O)NCCc1ccc(CC(=O)C(CCCNC(N)=O)NC(=O)[C@H](CC(=O)C[C@@H]2O[C@H](CNC(=O)CCCCN3C(=O)C=CC3=O)C(O)C2O)Cc2ccccc2)cc1)OC)N(C)C(=O)[C@@H](CC(=O)C(C(C)C)N(C)C)C(C)C. The topological polar surface area (TPSA) is 360 Å². The van der Waals surface area contributed by atoms with E-state index >= 15 is 0 Å². The number of methoxy groups -OCH3 is 2. The molecule has 109 heavy (non-hydrogen) atoms. The lowest BCUT2D eigenvalue weighted by molar-refractivity contribution is -0.149. The van der Waals surface area contributed by atoms with Gasteiger partial charge < -0.3 is 61.2 Å².